The first-order valence-corrected chi connectivity index (χ1v) is 7.28. The summed E-state index contributed by atoms with van der Waals surface area (Å²) in [6.45, 7) is 8.89. The van der Waals surface area contributed by atoms with Crippen LogP contribution in [0.5, 0.6) is 0 Å². The molecule has 3 aromatic rings. The van der Waals surface area contributed by atoms with Crippen LogP contribution in [0, 0.1) is 0 Å². The van der Waals surface area contributed by atoms with E-state index in [2.05, 4.69) is 62.9 Å². The Bertz CT molecular complexity index is 731. The fraction of sp³-hybridized carbons (Fsp3) is 0.333. The first kappa shape index (κ1) is 13.0. The molecule has 2 heteroatoms. The lowest BCUT2D eigenvalue weighted by atomic mass is 10.1. The van der Waals surface area contributed by atoms with Gasteiger partial charge in [-0.05, 0) is 39.8 Å². The minimum Gasteiger partial charge on any atom is -0.454 e. The van der Waals surface area contributed by atoms with E-state index >= 15 is 0 Å². The van der Waals surface area contributed by atoms with Crippen LogP contribution in [-0.2, 0) is 0 Å². The van der Waals surface area contributed by atoms with Gasteiger partial charge < -0.3 is 9.32 Å². The Morgan fingerprint density at radius 3 is 2.15 bits per heavy atom. The fourth-order valence-corrected chi connectivity index (χ4v) is 3.09. The molecule has 0 fully saturated rings. The topological polar surface area (TPSA) is 16.4 Å². The Kier molecular flexibility index (Phi) is 3.17. The highest BCUT2D eigenvalue weighted by atomic mass is 16.3. The van der Waals surface area contributed by atoms with Gasteiger partial charge in [0.25, 0.3) is 0 Å². The molecular weight excluding hydrogens is 246 g/mol. The third kappa shape index (κ3) is 1.96. The SMILES string of the molecule is CC(C)N(c1cccc2c1oc1ccccc12)C(C)C. The van der Waals surface area contributed by atoms with Crippen LogP contribution in [-0.4, -0.2) is 12.1 Å². The highest BCUT2D eigenvalue weighted by Gasteiger charge is 2.19. The van der Waals surface area contributed by atoms with Crippen molar-refractivity contribution in [3.05, 3.63) is 42.5 Å². The van der Waals surface area contributed by atoms with E-state index in [1.54, 1.807) is 0 Å². The smallest absolute Gasteiger partial charge is 0.158 e. The second-order valence-corrected chi connectivity index (χ2v) is 5.85. The molecule has 0 atom stereocenters. The number of fused-ring (bicyclic) bond motifs is 3. The van der Waals surface area contributed by atoms with E-state index in [-0.39, 0.29) is 0 Å². The Morgan fingerprint density at radius 1 is 0.800 bits per heavy atom. The number of hydrogen-bond acceptors (Lipinski definition) is 2. The first-order valence-electron chi connectivity index (χ1n) is 7.28. The molecule has 0 aliphatic carbocycles. The Hall–Kier alpha value is -1.96. The number of hydrogen-bond donors (Lipinski definition) is 0. The maximum absolute atomic E-state index is 6.12. The molecule has 0 saturated carbocycles. The van der Waals surface area contributed by atoms with E-state index < -0.39 is 0 Å². The minimum absolute atomic E-state index is 0.439. The van der Waals surface area contributed by atoms with E-state index in [0.29, 0.717) is 12.1 Å². The average molecular weight is 267 g/mol. The van der Waals surface area contributed by atoms with Crippen molar-refractivity contribution in [1.29, 1.82) is 0 Å². The van der Waals surface area contributed by atoms with E-state index in [0.717, 1.165) is 11.2 Å². The summed E-state index contributed by atoms with van der Waals surface area (Å²) in [7, 11) is 0. The second-order valence-electron chi connectivity index (χ2n) is 5.85. The van der Waals surface area contributed by atoms with Crippen LogP contribution in [0.3, 0.4) is 0 Å². The van der Waals surface area contributed by atoms with Crippen LogP contribution in [0.4, 0.5) is 5.69 Å². The highest BCUT2D eigenvalue weighted by Crippen LogP contribution is 2.36. The molecule has 0 amide bonds. The van der Waals surface area contributed by atoms with Crippen LogP contribution >= 0.6 is 0 Å². The van der Waals surface area contributed by atoms with Crippen molar-refractivity contribution in [3.63, 3.8) is 0 Å². The third-order valence-corrected chi connectivity index (χ3v) is 3.77. The van der Waals surface area contributed by atoms with Crippen molar-refractivity contribution in [1.82, 2.24) is 0 Å². The van der Waals surface area contributed by atoms with Gasteiger partial charge in [-0.25, -0.2) is 0 Å². The summed E-state index contributed by atoms with van der Waals surface area (Å²) in [4.78, 5) is 2.41. The van der Waals surface area contributed by atoms with Gasteiger partial charge >= 0.3 is 0 Å². The molecule has 0 bridgehead atoms. The van der Waals surface area contributed by atoms with Crippen LogP contribution < -0.4 is 4.90 Å². The number of anilines is 1. The zero-order valence-electron chi connectivity index (χ0n) is 12.6. The molecule has 0 saturated heterocycles. The van der Waals surface area contributed by atoms with Gasteiger partial charge in [-0.2, -0.15) is 0 Å². The van der Waals surface area contributed by atoms with Crippen LogP contribution in [0.25, 0.3) is 21.9 Å². The maximum Gasteiger partial charge on any atom is 0.158 e. The van der Waals surface area contributed by atoms with Crippen LogP contribution in [0.15, 0.2) is 46.9 Å². The van der Waals surface area contributed by atoms with Gasteiger partial charge in [0.15, 0.2) is 5.58 Å². The molecule has 0 radical (unpaired) electrons. The summed E-state index contributed by atoms with van der Waals surface area (Å²) in [5, 5.41) is 2.39. The second kappa shape index (κ2) is 4.86. The van der Waals surface area contributed by atoms with Gasteiger partial charge in [0.05, 0.1) is 5.69 Å². The predicted octanol–water partition coefficient (Wildman–Crippen LogP) is 5.21. The normalized spacial score (nSPS) is 11.9. The van der Waals surface area contributed by atoms with E-state index in [4.69, 9.17) is 4.42 Å². The van der Waals surface area contributed by atoms with Gasteiger partial charge in [-0.15, -0.1) is 0 Å². The zero-order chi connectivity index (χ0) is 14.3. The molecule has 2 aromatic carbocycles. The van der Waals surface area contributed by atoms with Crippen molar-refractivity contribution >= 4 is 27.6 Å². The molecule has 2 nitrogen and oxygen atoms in total. The molecule has 0 spiro atoms. The Morgan fingerprint density at radius 2 is 1.45 bits per heavy atom. The van der Waals surface area contributed by atoms with E-state index in [1.165, 1.54) is 16.5 Å². The molecule has 0 aliphatic rings. The fourth-order valence-electron chi connectivity index (χ4n) is 3.09. The van der Waals surface area contributed by atoms with E-state index in [9.17, 15) is 0 Å². The number of furan rings is 1. The van der Waals surface area contributed by atoms with Gasteiger partial charge in [-0.1, -0.05) is 30.3 Å². The first-order chi connectivity index (χ1) is 9.59. The van der Waals surface area contributed by atoms with Gasteiger partial charge in [0.1, 0.15) is 5.58 Å². The summed E-state index contributed by atoms with van der Waals surface area (Å²) in [5.74, 6) is 0. The number of para-hydroxylation sites is 2. The van der Waals surface area contributed by atoms with Gasteiger partial charge in [0.2, 0.25) is 0 Å². The molecule has 104 valence electrons. The lowest BCUT2D eigenvalue weighted by Gasteiger charge is -2.33. The van der Waals surface area contributed by atoms with Crippen molar-refractivity contribution in [3.8, 4) is 0 Å². The Balaban J connectivity index is 2.31. The quantitative estimate of drug-likeness (QED) is 0.647. The third-order valence-electron chi connectivity index (χ3n) is 3.77. The average Bonchev–Trinajstić information content (AvgIpc) is 2.78. The zero-order valence-corrected chi connectivity index (χ0v) is 12.6. The summed E-state index contributed by atoms with van der Waals surface area (Å²) in [6, 6.07) is 15.5. The van der Waals surface area contributed by atoms with E-state index in [1.807, 2.05) is 12.1 Å². The summed E-state index contributed by atoms with van der Waals surface area (Å²) >= 11 is 0. The van der Waals surface area contributed by atoms with Crippen molar-refractivity contribution in [2.45, 2.75) is 39.8 Å². The van der Waals surface area contributed by atoms with Crippen molar-refractivity contribution in [2.75, 3.05) is 4.90 Å². The molecule has 0 aliphatic heterocycles. The molecule has 1 heterocycles. The lowest BCUT2D eigenvalue weighted by Crippen LogP contribution is -2.37. The molecule has 3 rings (SSSR count). The number of benzene rings is 2. The summed E-state index contributed by atoms with van der Waals surface area (Å²) < 4.78 is 6.12. The molecular formula is C18H21NO. The number of nitrogens with zero attached hydrogens (tertiary/aromatic N) is 1. The maximum atomic E-state index is 6.12. The van der Waals surface area contributed by atoms with Crippen molar-refractivity contribution < 1.29 is 4.42 Å². The molecule has 20 heavy (non-hydrogen) atoms. The lowest BCUT2D eigenvalue weighted by molar-refractivity contribution is 0.598. The Labute approximate surface area is 120 Å². The highest BCUT2D eigenvalue weighted by molar-refractivity contribution is 6.08. The van der Waals surface area contributed by atoms with Gasteiger partial charge in [0, 0.05) is 22.9 Å². The molecule has 0 N–H and O–H groups in total. The largest absolute Gasteiger partial charge is 0.454 e. The predicted molar refractivity (Wildman–Crippen MR) is 86.5 cm³/mol. The number of rotatable bonds is 3. The summed E-state index contributed by atoms with van der Waals surface area (Å²) in [5.41, 5.74) is 3.14. The van der Waals surface area contributed by atoms with Gasteiger partial charge in [-0.3, -0.25) is 0 Å². The molecule has 0 unspecified atom stereocenters. The minimum atomic E-state index is 0.439. The monoisotopic (exact) mass is 267 g/mol. The van der Waals surface area contributed by atoms with Crippen LogP contribution in [0.1, 0.15) is 27.7 Å². The van der Waals surface area contributed by atoms with Crippen LogP contribution in [0.2, 0.25) is 0 Å². The molecule has 1 aromatic heterocycles. The summed E-state index contributed by atoms with van der Waals surface area (Å²) in [6.07, 6.45) is 0. The standard InChI is InChI=1S/C18H21NO/c1-12(2)19(13(3)4)16-10-7-9-15-14-8-5-6-11-17(14)20-18(15)16/h5-13H,1-4H3. The van der Waals surface area contributed by atoms with Crippen molar-refractivity contribution in [2.24, 2.45) is 0 Å².